The number of piperidine rings is 1. The molecule has 170 valence electrons. The molecule has 1 saturated heterocycles. The van der Waals surface area contributed by atoms with Crippen LogP contribution < -0.4 is 10.1 Å². The van der Waals surface area contributed by atoms with E-state index in [0.717, 1.165) is 11.5 Å². The number of carbonyl (C=O) groups excluding carboxylic acids is 1. The van der Waals surface area contributed by atoms with Gasteiger partial charge in [-0.15, -0.1) is 24.0 Å². The third kappa shape index (κ3) is 8.97. The zero-order valence-electron chi connectivity index (χ0n) is 17.2. The van der Waals surface area contributed by atoms with E-state index in [-0.39, 0.29) is 41.6 Å². The van der Waals surface area contributed by atoms with Crippen molar-refractivity contribution in [3.8, 4) is 5.75 Å². The number of likely N-dealkylation sites (tertiary alicyclic amines) is 1. The van der Waals surface area contributed by atoms with Gasteiger partial charge in [-0.1, -0.05) is 12.1 Å². The number of benzene rings is 1. The number of nitrogens with one attached hydrogen (secondary N) is 1. The molecule has 0 bridgehead atoms. The average Bonchev–Trinajstić information content (AvgIpc) is 2.70. The fourth-order valence-electron chi connectivity index (χ4n) is 3.04. The summed E-state index contributed by atoms with van der Waals surface area (Å²) in [6.07, 6.45) is -2.92. The van der Waals surface area contributed by atoms with Crippen molar-refractivity contribution in [2.45, 2.75) is 39.4 Å². The van der Waals surface area contributed by atoms with Crippen LogP contribution in [0.1, 0.15) is 32.3 Å². The summed E-state index contributed by atoms with van der Waals surface area (Å²) >= 11 is 0. The Kier molecular flexibility index (Phi) is 11.3. The van der Waals surface area contributed by atoms with Crippen LogP contribution in [-0.2, 0) is 16.1 Å². The lowest BCUT2D eigenvalue weighted by atomic mass is 9.97. The second-order valence-electron chi connectivity index (χ2n) is 6.73. The summed E-state index contributed by atoms with van der Waals surface area (Å²) in [5.41, 5.74) is 0.862. The molecule has 30 heavy (non-hydrogen) atoms. The first-order valence-electron chi connectivity index (χ1n) is 9.80. The number of rotatable bonds is 7. The number of ether oxygens (including phenoxy) is 2. The van der Waals surface area contributed by atoms with Crippen LogP contribution in [0, 0.1) is 5.92 Å². The van der Waals surface area contributed by atoms with Crippen molar-refractivity contribution in [3.63, 3.8) is 0 Å². The van der Waals surface area contributed by atoms with Crippen molar-refractivity contribution in [2.75, 3.05) is 32.8 Å². The number of guanidine groups is 1. The molecule has 0 atom stereocenters. The van der Waals surface area contributed by atoms with Gasteiger partial charge >= 0.3 is 12.1 Å². The van der Waals surface area contributed by atoms with Crippen LogP contribution in [0.2, 0.25) is 0 Å². The van der Waals surface area contributed by atoms with Gasteiger partial charge < -0.3 is 19.7 Å². The number of nitrogens with zero attached hydrogens (tertiary/aromatic N) is 2. The molecule has 0 spiro atoms. The van der Waals surface area contributed by atoms with Crippen LogP contribution >= 0.6 is 24.0 Å². The minimum absolute atomic E-state index is 0. The van der Waals surface area contributed by atoms with Gasteiger partial charge in [-0.2, -0.15) is 13.2 Å². The third-order valence-electron chi connectivity index (χ3n) is 4.49. The molecule has 6 nitrogen and oxygen atoms in total. The average molecular weight is 543 g/mol. The Labute approximate surface area is 192 Å². The fourth-order valence-corrected chi connectivity index (χ4v) is 3.04. The second-order valence-corrected chi connectivity index (χ2v) is 6.73. The summed E-state index contributed by atoms with van der Waals surface area (Å²) < 4.78 is 46.4. The van der Waals surface area contributed by atoms with E-state index in [1.807, 2.05) is 6.92 Å². The van der Waals surface area contributed by atoms with E-state index in [1.165, 1.54) is 12.1 Å². The predicted molar refractivity (Wildman–Crippen MR) is 119 cm³/mol. The second kappa shape index (κ2) is 12.9. The molecule has 0 amide bonds. The Morgan fingerprint density at radius 2 is 1.83 bits per heavy atom. The standard InChI is InChI=1S/C20H28F3N3O3.HI/c1-3-24-19(26-11-9-16(10-12-26)18(27)28-4-2)25-13-15-5-7-17(8-6-15)29-14-20(21,22)23;/h5-8,16H,3-4,9-14H2,1-2H3,(H,24,25);1H. The highest BCUT2D eigenvalue weighted by Gasteiger charge is 2.28. The lowest BCUT2D eigenvalue weighted by Gasteiger charge is -2.33. The molecular weight excluding hydrogens is 514 g/mol. The summed E-state index contributed by atoms with van der Waals surface area (Å²) in [6.45, 7) is 5.38. The molecule has 10 heteroatoms. The Morgan fingerprint density at radius 1 is 1.20 bits per heavy atom. The quantitative estimate of drug-likeness (QED) is 0.244. The largest absolute Gasteiger partial charge is 0.484 e. The molecule has 1 aromatic carbocycles. The highest BCUT2D eigenvalue weighted by Crippen LogP contribution is 2.20. The Morgan fingerprint density at radius 3 is 2.37 bits per heavy atom. The molecule has 1 aliphatic rings. The van der Waals surface area contributed by atoms with Crippen molar-refractivity contribution >= 4 is 35.9 Å². The van der Waals surface area contributed by atoms with Crippen molar-refractivity contribution in [1.29, 1.82) is 0 Å². The van der Waals surface area contributed by atoms with Gasteiger partial charge in [0.2, 0.25) is 0 Å². The van der Waals surface area contributed by atoms with Gasteiger partial charge in [0.25, 0.3) is 0 Å². The first kappa shape index (κ1) is 26.3. The third-order valence-corrected chi connectivity index (χ3v) is 4.49. The minimum atomic E-state index is -4.36. The Balaban J connectivity index is 0.00000450. The van der Waals surface area contributed by atoms with Crippen LogP contribution in [0.4, 0.5) is 13.2 Å². The van der Waals surface area contributed by atoms with E-state index in [2.05, 4.69) is 15.2 Å². The number of hydrogen-bond acceptors (Lipinski definition) is 4. The first-order valence-corrected chi connectivity index (χ1v) is 9.80. The van der Waals surface area contributed by atoms with Crippen molar-refractivity contribution in [3.05, 3.63) is 29.8 Å². The molecule has 1 fully saturated rings. The molecule has 1 aliphatic heterocycles. The van der Waals surface area contributed by atoms with Crippen LogP contribution in [0.15, 0.2) is 29.3 Å². The number of esters is 1. The zero-order chi connectivity index (χ0) is 21.3. The molecule has 0 radical (unpaired) electrons. The van der Waals surface area contributed by atoms with Crippen molar-refractivity contribution in [2.24, 2.45) is 10.9 Å². The molecular formula is C20H29F3IN3O3. The Hall–Kier alpha value is -1.72. The number of carbonyl (C=O) groups is 1. The maximum Gasteiger partial charge on any atom is 0.422 e. The van der Waals surface area contributed by atoms with Gasteiger partial charge in [-0.3, -0.25) is 4.79 Å². The molecule has 0 aromatic heterocycles. The normalized spacial score (nSPS) is 15.4. The van der Waals surface area contributed by atoms with Crippen LogP contribution in [0.3, 0.4) is 0 Å². The molecule has 0 aliphatic carbocycles. The number of hydrogen-bond donors (Lipinski definition) is 1. The summed E-state index contributed by atoms with van der Waals surface area (Å²) in [6, 6.07) is 6.42. The number of halogens is 4. The lowest BCUT2D eigenvalue weighted by Crippen LogP contribution is -2.46. The van der Waals surface area contributed by atoms with Crippen LogP contribution in [0.25, 0.3) is 0 Å². The maximum absolute atomic E-state index is 12.2. The van der Waals surface area contributed by atoms with Crippen LogP contribution in [-0.4, -0.2) is 55.9 Å². The molecule has 1 N–H and O–H groups in total. The highest BCUT2D eigenvalue weighted by molar-refractivity contribution is 14.0. The predicted octanol–water partition coefficient (Wildman–Crippen LogP) is 3.99. The van der Waals surface area contributed by atoms with E-state index in [4.69, 9.17) is 9.47 Å². The summed E-state index contributed by atoms with van der Waals surface area (Å²) in [7, 11) is 0. The van der Waals surface area contributed by atoms with E-state index in [0.29, 0.717) is 45.6 Å². The van der Waals surface area contributed by atoms with Crippen molar-refractivity contribution < 1.29 is 27.4 Å². The first-order chi connectivity index (χ1) is 13.8. The molecule has 2 rings (SSSR count). The van der Waals surface area contributed by atoms with E-state index < -0.39 is 12.8 Å². The Bertz CT molecular complexity index is 676. The molecule has 0 saturated carbocycles. The van der Waals surface area contributed by atoms with Gasteiger partial charge in [0.15, 0.2) is 12.6 Å². The fraction of sp³-hybridized carbons (Fsp3) is 0.600. The van der Waals surface area contributed by atoms with E-state index in [9.17, 15) is 18.0 Å². The van der Waals surface area contributed by atoms with Gasteiger partial charge in [0, 0.05) is 19.6 Å². The van der Waals surface area contributed by atoms with Gasteiger partial charge in [-0.25, -0.2) is 4.99 Å². The molecule has 1 heterocycles. The van der Waals surface area contributed by atoms with E-state index in [1.54, 1.807) is 19.1 Å². The molecule has 1 aromatic rings. The van der Waals surface area contributed by atoms with Crippen molar-refractivity contribution in [1.82, 2.24) is 10.2 Å². The lowest BCUT2D eigenvalue weighted by molar-refractivity contribution is -0.153. The number of aliphatic imine (C=N–C) groups is 1. The highest BCUT2D eigenvalue weighted by atomic mass is 127. The topological polar surface area (TPSA) is 63.2 Å². The van der Waals surface area contributed by atoms with Gasteiger partial charge in [-0.05, 0) is 44.4 Å². The monoisotopic (exact) mass is 543 g/mol. The summed E-state index contributed by atoms with van der Waals surface area (Å²) in [4.78, 5) is 18.6. The minimum Gasteiger partial charge on any atom is -0.484 e. The summed E-state index contributed by atoms with van der Waals surface area (Å²) in [5.74, 6) is 0.718. The summed E-state index contributed by atoms with van der Waals surface area (Å²) in [5, 5.41) is 3.25. The zero-order valence-corrected chi connectivity index (χ0v) is 19.5. The van der Waals surface area contributed by atoms with Gasteiger partial charge in [0.1, 0.15) is 5.75 Å². The number of alkyl halides is 3. The smallest absolute Gasteiger partial charge is 0.422 e. The van der Waals surface area contributed by atoms with E-state index >= 15 is 0 Å². The van der Waals surface area contributed by atoms with Gasteiger partial charge in [0.05, 0.1) is 19.1 Å². The molecule has 0 unspecified atom stereocenters. The van der Waals surface area contributed by atoms with Crippen LogP contribution in [0.5, 0.6) is 5.75 Å². The SMILES string of the molecule is CCNC(=NCc1ccc(OCC(F)(F)F)cc1)N1CCC(C(=O)OCC)CC1.I. The maximum atomic E-state index is 12.2.